The van der Waals surface area contributed by atoms with Crippen LogP contribution in [-0.2, 0) is 31.4 Å². The standard InChI is InChI=1S/C26H29FN8O2.C24H22N8O2.C22H24N6O3/c1-7-19(36)16-13-29-21(32-20-9-8-17(23(27)33-20)26(2,3)4)12-18(16)31-25-22(37-6)15(10-11-28-25)24-30-14-35(5)34-24;1-4-20(33)17-13-26-22(30-21-10-5-7-15(12-25)28-21)11-19(17)29-18-9-6-8-16(23(18)34-3)24-27-14-32(2)31-24;1-4-18(29)15-11-23-19(26-22(30)13-8-9-13)10-17(15)25-16-7-5-6-14(20(16)31-3)21-24-12-28(2)27-21/h8-14H,7H2,1-6H3,(H2,28,29,31,32,33);5-11,13-14H,4H2,1-3H3,(H2,26,28,29,30);5-7,10-13H,4,8-9H2,1-3H3,(H2,23,25,26,30). The Labute approximate surface area is 586 Å². The minimum absolute atomic E-state index is 0.0474. The summed E-state index contributed by atoms with van der Waals surface area (Å²) in [5.74, 6) is 4.59. The fourth-order valence-corrected chi connectivity index (χ4v) is 10.4. The molecule has 522 valence electrons. The molecule has 9 heterocycles. The van der Waals surface area contributed by atoms with Crippen molar-refractivity contribution in [2.75, 3.05) is 53.2 Å². The van der Waals surface area contributed by atoms with E-state index in [9.17, 15) is 23.6 Å². The number of para-hydroxylation sites is 2. The largest absolute Gasteiger partial charge is 0.494 e. The van der Waals surface area contributed by atoms with Crippen LogP contribution in [0.3, 0.4) is 0 Å². The number of pyridine rings is 6. The average molecular weight is 1380 g/mol. The van der Waals surface area contributed by atoms with Crippen LogP contribution in [0.2, 0.25) is 0 Å². The second kappa shape index (κ2) is 32.2. The summed E-state index contributed by atoms with van der Waals surface area (Å²) in [7, 11) is 10.0. The Kier molecular flexibility index (Phi) is 22.6. The van der Waals surface area contributed by atoms with E-state index in [0.29, 0.717) is 144 Å². The van der Waals surface area contributed by atoms with Gasteiger partial charge in [0.15, 0.2) is 57.9 Å². The van der Waals surface area contributed by atoms with Gasteiger partial charge in [0.1, 0.15) is 59.8 Å². The van der Waals surface area contributed by atoms with Gasteiger partial charge in [-0.3, -0.25) is 33.2 Å². The first-order valence-corrected chi connectivity index (χ1v) is 32.4. The van der Waals surface area contributed by atoms with Gasteiger partial charge in [0.2, 0.25) is 11.9 Å². The zero-order valence-corrected chi connectivity index (χ0v) is 58.2. The zero-order valence-electron chi connectivity index (χ0n) is 58.2. The minimum atomic E-state index is -0.553. The van der Waals surface area contributed by atoms with Crippen LogP contribution in [0, 0.1) is 23.2 Å². The summed E-state index contributed by atoms with van der Waals surface area (Å²) in [4.78, 5) is 88.5. The molecule has 0 radical (unpaired) electrons. The molecule has 6 N–H and O–H groups in total. The van der Waals surface area contributed by atoms with Crippen LogP contribution in [-0.4, -0.2) is 119 Å². The molecule has 1 aliphatic carbocycles. The molecule has 1 fully saturated rings. The van der Waals surface area contributed by atoms with E-state index in [1.54, 1.807) is 150 Å². The zero-order chi connectivity index (χ0) is 72.8. The summed E-state index contributed by atoms with van der Waals surface area (Å²) < 4.78 is 36.4. The van der Waals surface area contributed by atoms with E-state index >= 15 is 0 Å². The Morgan fingerprint density at radius 2 is 0.961 bits per heavy atom. The Morgan fingerprint density at radius 1 is 0.520 bits per heavy atom. The number of ether oxygens (including phenoxy) is 3. The predicted molar refractivity (Wildman–Crippen MR) is 383 cm³/mol. The summed E-state index contributed by atoms with van der Waals surface area (Å²) in [6.07, 6.45) is 13.6. The molecule has 1 aliphatic rings. The number of rotatable bonds is 24. The quantitative estimate of drug-likeness (QED) is 0.0242. The molecule has 11 aromatic rings. The van der Waals surface area contributed by atoms with Gasteiger partial charge in [-0.15, -0.1) is 0 Å². The number of Topliss-reactive ketones (excluding diaryl/α,β-unsaturated/α-hetero) is 3. The van der Waals surface area contributed by atoms with Gasteiger partial charge < -0.3 is 46.1 Å². The van der Waals surface area contributed by atoms with Gasteiger partial charge in [0.25, 0.3) is 0 Å². The molecule has 1 amide bonds. The molecule has 102 heavy (non-hydrogen) atoms. The van der Waals surface area contributed by atoms with E-state index in [2.05, 4.69) is 92.1 Å². The van der Waals surface area contributed by atoms with Gasteiger partial charge in [-0.05, 0) is 66.8 Å². The average Bonchev–Trinajstić information content (AvgIpc) is 1.30. The minimum Gasteiger partial charge on any atom is -0.494 e. The van der Waals surface area contributed by atoms with Crippen LogP contribution < -0.4 is 46.1 Å². The van der Waals surface area contributed by atoms with Crippen LogP contribution in [0.25, 0.3) is 34.2 Å². The molecule has 0 bridgehead atoms. The number of carbonyl (C=O) groups is 4. The lowest BCUT2D eigenvalue weighted by Crippen LogP contribution is -2.15. The molecule has 0 aliphatic heterocycles. The topological polar surface area (TPSA) is 361 Å². The molecule has 9 aromatic heterocycles. The van der Waals surface area contributed by atoms with Gasteiger partial charge in [-0.1, -0.05) is 65.8 Å². The van der Waals surface area contributed by atoms with Crippen LogP contribution in [0.4, 0.5) is 67.7 Å². The molecule has 2 aromatic carbocycles. The molecule has 0 saturated heterocycles. The first-order valence-electron chi connectivity index (χ1n) is 32.4. The highest BCUT2D eigenvalue weighted by molar-refractivity contribution is 6.04. The number of hydrogen-bond donors (Lipinski definition) is 6. The van der Waals surface area contributed by atoms with Crippen LogP contribution in [0.15, 0.2) is 135 Å². The van der Waals surface area contributed by atoms with Crippen molar-refractivity contribution in [2.45, 2.75) is 79.1 Å². The number of nitrogens with zero attached hydrogens (tertiary/aromatic N) is 16. The smallest absolute Gasteiger partial charge is 0.228 e. The number of methoxy groups -OCH3 is 3. The Hall–Kier alpha value is -12.9. The number of halogens is 1. The summed E-state index contributed by atoms with van der Waals surface area (Å²) in [6, 6.07) is 28.4. The third-order valence-corrected chi connectivity index (χ3v) is 15.7. The SMILES string of the molecule is CCC(=O)c1cnc(NC(=O)C2CC2)cc1Nc1cccc(-c2ncn(C)n2)c1OC.CCC(=O)c1cnc(Nc2ccc(C(C)(C)C)c(F)n2)cc1Nc1nccc(-c2ncn(C)n2)c1OC.CCC(=O)c1cnc(Nc2cccc(C#N)n2)cc1Nc1cccc(-c2ncn(C)n2)c1OC. The highest BCUT2D eigenvalue weighted by Gasteiger charge is 2.30. The lowest BCUT2D eigenvalue weighted by Gasteiger charge is -2.19. The number of carbonyl (C=O) groups excluding carboxylic acids is 4. The number of aromatic nitrogens is 15. The van der Waals surface area contributed by atoms with E-state index in [1.165, 1.54) is 25.7 Å². The lowest BCUT2D eigenvalue weighted by molar-refractivity contribution is -0.117. The number of hydrogen-bond acceptors (Lipinski definition) is 25. The van der Waals surface area contributed by atoms with Crippen molar-refractivity contribution in [3.63, 3.8) is 0 Å². The van der Waals surface area contributed by atoms with Crippen molar-refractivity contribution in [1.82, 2.24) is 74.2 Å². The van der Waals surface area contributed by atoms with Crippen molar-refractivity contribution >= 4 is 86.6 Å². The van der Waals surface area contributed by atoms with Crippen molar-refractivity contribution in [3.8, 4) is 57.5 Å². The lowest BCUT2D eigenvalue weighted by atomic mass is 9.88. The van der Waals surface area contributed by atoms with E-state index in [4.69, 9.17) is 19.5 Å². The van der Waals surface area contributed by atoms with Crippen LogP contribution in [0.5, 0.6) is 17.2 Å². The Morgan fingerprint density at radius 3 is 1.38 bits per heavy atom. The first kappa shape index (κ1) is 71.8. The second-order valence-electron chi connectivity index (χ2n) is 24.1. The first-order chi connectivity index (χ1) is 49.1. The number of aryl methyl sites for hydroxylation is 3. The van der Waals surface area contributed by atoms with E-state index < -0.39 is 5.95 Å². The summed E-state index contributed by atoms with van der Waals surface area (Å²) >= 11 is 0. The number of nitriles is 1. The second-order valence-corrected chi connectivity index (χ2v) is 24.1. The summed E-state index contributed by atoms with van der Waals surface area (Å²) in [5.41, 5.74) is 6.55. The summed E-state index contributed by atoms with van der Waals surface area (Å²) in [5, 5.41) is 40.9. The predicted octanol–water partition coefficient (Wildman–Crippen LogP) is 13.0. The van der Waals surface area contributed by atoms with Crippen molar-refractivity contribution < 1.29 is 37.8 Å². The maximum Gasteiger partial charge on any atom is 0.228 e. The number of ketones is 3. The number of amides is 1. The van der Waals surface area contributed by atoms with Gasteiger partial charge in [-0.2, -0.15) is 24.9 Å². The van der Waals surface area contributed by atoms with E-state index in [0.717, 1.165) is 12.8 Å². The Balaban J connectivity index is 0.000000165. The van der Waals surface area contributed by atoms with Crippen molar-refractivity contribution in [1.29, 1.82) is 5.26 Å². The maximum absolute atomic E-state index is 14.6. The third kappa shape index (κ3) is 17.3. The normalized spacial score (nSPS) is 11.5. The van der Waals surface area contributed by atoms with E-state index in [1.807, 2.05) is 63.2 Å². The Bertz CT molecular complexity index is 4940. The molecular weight excluding hydrogens is 1300 g/mol. The number of benzene rings is 2. The van der Waals surface area contributed by atoms with E-state index in [-0.39, 0.29) is 52.5 Å². The molecular formula is C72H75FN22O7. The maximum atomic E-state index is 14.6. The molecule has 30 heteroatoms. The molecule has 0 spiro atoms. The monoisotopic (exact) mass is 1380 g/mol. The van der Waals surface area contributed by atoms with Gasteiger partial charge in [0.05, 0.1) is 83.1 Å². The molecule has 0 atom stereocenters. The fourth-order valence-electron chi connectivity index (χ4n) is 10.4. The van der Waals surface area contributed by atoms with Crippen molar-refractivity contribution in [2.24, 2.45) is 27.1 Å². The highest BCUT2D eigenvalue weighted by Crippen LogP contribution is 2.41. The van der Waals surface area contributed by atoms with Crippen LogP contribution in [0.1, 0.15) is 116 Å². The summed E-state index contributed by atoms with van der Waals surface area (Å²) in [6.45, 7) is 11.1. The molecule has 1 saturated carbocycles. The van der Waals surface area contributed by atoms with Crippen LogP contribution >= 0.6 is 0 Å². The van der Waals surface area contributed by atoms with Gasteiger partial charge in [0, 0.05) is 94.9 Å². The number of nitrogens with one attached hydrogen (secondary N) is 6. The van der Waals surface area contributed by atoms with Crippen molar-refractivity contribution in [3.05, 3.63) is 169 Å². The third-order valence-electron chi connectivity index (χ3n) is 15.7. The van der Waals surface area contributed by atoms with Gasteiger partial charge in [-0.25, -0.2) is 44.9 Å². The van der Waals surface area contributed by atoms with Gasteiger partial charge >= 0.3 is 0 Å². The molecule has 12 rings (SSSR count). The fraction of sp³-hybridized carbons (Fsp3) is 0.264. The molecule has 29 nitrogen and oxygen atoms in total. The highest BCUT2D eigenvalue weighted by atomic mass is 19.1. The molecule has 0 unspecified atom stereocenters. The number of anilines is 11.